The van der Waals surface area contributed by atoms with Crippen LogP contribution in [0.3, 0.4) is 0 Å². The summed E-state index contributed by atoms with van der Waals surface area (Å²) in [6.07, 6.45) is -1.26. The van der Waals surface area contributed by atoms with E-state index in [4.69, 9.17) is 4.74 Å². The molecule has 3 unspecified atom stereocenters. The molecular weight excluding hydrogens is 226 g/mol. The number of nitrogens with one attached hydrogen (secondary N) is 1. The molecular formula is C12H24F2N2O. The van der Waals surface area contributed by atoms with E-state index in [2.05, 4.69) is 31.1 Å². The van der Waals surface area contributed by atoms with Gasteiger partial charge in [-0.15, -0.1) is 0 Å². The fourth-order valence-corrected chi connectivity index (χ4v) is 2.31. The highest BCUT2D eigenvalue weighted by molar-refractivity contribution is 4.85. The van der Waals surface area contributed by atoms with E-state index >= 15 is 0 Å². The van der Waals surface area contributed by atoms with Crippen LogP contribution in [0.2, 0.25) is 0 Å². The van der Waals surface area contributed by atoms with Gasteiger partial charge in [-0.3, -0.25) is 0 Å². The van der Waals surface area contributed by atoms with Gasteiger partial charge in [0.2, 0.25) is 0 Å². The van der Waals surface area contributed by atoms with E-state index in [0.29, 0.717) is 31.2 Å². The van der Waals surface area contributed by atoms with E-state index in [1.54, 1.807) is 0 Å². The highest BCUT2D eigenvalue weighted by Crippen LogP contribution is 2.20. The Bertz CT molecular complexity index is 217. The Morgan fingerprint density at radius 1 is 1.41 bits per heavy atom. The van der Waals surface area contributed by atoms with Gasteiger partial charge in [0, 0.05) is 25.2 Å². The van der Waals surface area contributed by atoms with Crippen LogP contribution in [-0.4, -0.2) is 56.8 Å². The molecule has 1 heterocycles. The minimum Gasteiger partial charge on any atom is -0.374 e. The second-order valence-electron chi connectivity index (χ2n) is 5.03. The molecule has 0 radical (unpaired) electrons. The average Bonchev–Trinajstić information content (AvgIpc) is 2.24. The van der Waals surface area contributed by atoms with Gasteiger partial charge in [0.15, 0.2) is 0 Å². The first-order valence-corrected chi connectivity index (χ1v) is 6.30. The molecule has 0 aliphatic carbocycles. The molecule has 0 amide bonds. The normalized spacial score (nSPS) is 31.1. The van der Waals surface area contributed by atoms with Gasteiger partial charge < -0.3 is 15.0 Å². The van der Waals surface area contributed by atoms with Crippen LogP contribution < -0.4 is 5.32 Å². The van der Waals surface area contributed by atoms with E-state index in [1.807, 2.05) is 0 Å². The summed E-state index contributed by atoms with van der Waals surface area (Å²) in [5, 5.41) is 3.40. The van der Waals surface area contributed by atoms with Crippen LogP contribution in [0, 0.1) is 5.92 Å². The third kappa shape index (κ3) is 5.27. The van der Waals surface area contributed by atoms with Gasteiger partial charge in [-0.05, 0) is 26.3 Å². The van der Waals surface area contributed by atoms with Crippen LogP contribution in [0.1, 0.15) is 20.3 Å². The largest absolute Gasteiger partial charge is 0.374 e. The van der Waals surface area contributed by atoms with Crippen molar-refractivity contribution in [2.75, 3.05) is 33.4 Å². The molecule has 0 saturated carbocycles. The Balaban J connectivity index is 2.14. The molecule has 1 rings (SSSR count). The highest BCUT2D eigenvalue weighted by atomic mass is 19.3. The maximum Gasteiger partial charge on any atom is 0.261 e. The van der Waals surface area contributed by atoms with Crippen molar-refractivity contribution >= 4 is 0 Å². The SMILES string of the molecule is CC1CN(C)C(C)CC1NCCOCC(F)F. The van der Waals surface area contributed by atoms with Crippen molar-refractivity contribution in [1.29, 1.82) is 0 Å². The van der Waals surface area contributed by atoms with E-state index in [9.17, 15) is 8.78 Å². The topological polar surface area (TPSA) is 24.5 Å². The lowest BCUT2D eigenvalue weighted by Gasteiger charge is -2.40. The lowest BCUT2D eigenvalue weighted by molar-refractivity contribution is 0.0164. The summed E-state index contributed by atoms with van der Waals surface area (Å²) in [7, 11) is 2.14. The lowest BCUT2D eigenvalue weighted by atomic mass is 9.90. The molecule has 17 heavy (non-hydrogen) atoms. The Morgan fingerprint density at radius 3 is 2.76 bits per heavy atom. The number of hydrogen-bond donors (Lipinski definition) is 1. The molecule has 0 bridgehead atoms. The fourth-order valence-electron chi connectivity index (χ4n) is 2.31. The maximum atomic E-state index is 11.8. The molecule has 1 fully saturated rings. The van der Waals surface area contributed by atoms with Gasteiger partial charge in [-0.1, -0.05) is 6.92 Å². The third-order valence-corrected chi connectivity index (χ3v) is 3.51. The number of halogens is 2. The predicted molar refractivity (Wildman–Crippen MR) is 64.5 cm³/mol. The minimum absolute atomic E-state index is 0.359. The van der Waals surface area contributed by atoms with Gasteiger partial charge in [0.1, 0.15) is 6.61 Å². The number of piperidine rings is 1. The first-order chi connectivity index (χ1) is 8.00. The van der Waals surface area contributed by atoms with Gasteiger partial charge in [-0.2, -0.15) is 0 Å². The molecule has 0 aromatic carbocycles. The molecule has 0 spiro atoms. The van der Waals surface area contributed by atoms with E-state index in [-0.39, 0.29) is 0 Å². The summed E-state index contributed by atoms with van der Waals surface area (Å²) in [5.41, 5.74) is 0. The molecule has 5 heteroatoms. The summed E-state index contributed by atoms with van der Waals surface area (Å²) in [4.78, 5) is 2.36. The zero-order valence-electron chi connectivity index (χ0n) is 11.0. The number of rotatable bonds is 6. The molecule has 1 saturated heterocycles. The standard InChI is InChI=1S/C12H24F2N2O/c1-9-7-16(3)10(2)6-11(9)15-4-5-17-8-12(13)14/h9-12,15H,4-8H2,1-3H3. The Labute approximate surface area is 103 Å². The number of alkyl halides is 2. The van der Waals surface area contributed by atoms with Crippen molar-refractivity contribution in [1.82, 2.24) is 10.2 Å². The van der Waals surface area contributed by atoms with E-state index in [0.717, 1.165) is 13.0 Å². The maximum absolute atomic E-state index is 11.8. The molecule has 0 aromatic heterocycles. The van der Waals surface area contributed by atoms with Crippen LogP contribution in [0.5, 0.6) is 0 Å². The average molecular weight is 250 g/mol. The summed E-state index contributed by atoms with van der Waals surface area (Å²) in [6, 6.07) is 1.04. The number of ether oxygens (including phenoxy) is 1. The van der Waals surface area contributed by atoms with E-state index in [1.165, 1.54) is 0 Å². The van der Waals surface area contributed by atoms with Crippen LogP contribution in [0.4, 0.5) is 8.78 Å². The van der Waals surface area contributed by atoms with Gasteiger partial charge in [0.05, 0.1) is 6.61 Å². The molecule has 3 atom stereocenters. The first kappa shape index (κ1) is 14.8. The quantitative estimate of drug-likeness (QED) is 0.724. The molecule has 3 nitrogen and oxygen atoms in total. The summed E-state index contributed by atoms with van der Waals surface area (Å²) < 4.78 is 28.5. The van der Waals surface area contributed by atoms with Crippen LogP contribution in [0.25, 0.3) is 0 Å². The molecule has 102 valence electrons. The van der Waals surface area contributed by atoms with Crippen LogP contribution in [-0.2, 0) is 4.74 Å². The fraction of sp³-hybridized carbons (Fsp3) is 1.00. The van der Waals surface area contributed by atoms with Crippen molar-refractivity contribution in [3.8, 4) is 0 Å². The van der Waals surface area contributed by atoms with Crippen LogP contribution in [0.15, 0.2) is 0 Å². The third-order valence-electron chi connectivity index (χ3n) is 3.51. The Morgan fingerprint density at radius 2 is 2.12 bits per heavy atom. The minimum atomic E-state index is -2.36. The summed E-state index contributed by atoms with van der Waals surface area (Å²) in [6.45, 7) is 6.07. The summed E-state index contributed by atoms with van der Waals surface area (Å²) in [5.74, 6) is 0.589. The molecule has 0 aromatic rings. The zero-order chi connectivity index (χ0) is 12.8. The zero-order valence-corrected chi connectivity index (χ0v) is 11.0. The molecule has 1 aliphatic heterocycles. The second-order valence-corrected chi connectivity index (χ2v) is 5.03. The predicted octanol–water partition coefficient (Wildman–Crippen LogP) is 1.59. The Hall–Kier alpha value is -0.260. The number of nitrogens with zero attached hydrogens (tertiary/aromatic N) is 1. The van der Waals surface area contributed by atoms with Gasteiger partial charge >= 0.3 is 0 Å². The van der Waals surface area contributed by atoms with Crippen LogP contribution >= 0.6 is 0 Å². The van der Waals surface area contributed by atoms with E-state index < -0.39 is 13.0 Å². The smallest absolute Gasteiger partial charge is 0.261 e. The van der Waals surface area contributed by atoms with Gasteiger partial charge in [-0.25, -0.2) is 8.78 Å². The number of likely N-dealkylation sites (tertiary alicyclic amines) is 1. The Kier molecular flexibility index (Phi) is 6.30. The van der Waals surface area contributed by atoms with Crippen molar-refractivity contribution < 1.29 is 13.5 Å². The molecule has 1 N–H and O–H groups in total. The van der Waals surface area contributed by atoms with Crippen molar-refractivity contribution in [3.63, 3.8) is 0 Å². The van der Waals surface area contributed by atoms with Crippen molar-refractivity contribution in [2.45, 2.75) is 38.8 Å². The first-order valence-electron chi connectivity index (χ1n) is 6.30. The molecule has 1 aliphatic rings. The van der Waals surface area contributed by atoms with Gasteiger partial charge in [0.25, 0.3) is 6.43 Å². The number of hydrogen-bond acceptors (Lipinski definition) is 3. The highest BCUT2D eigenvalue weighted by Gasteiger charge is 2.28. The second kappa shape index (κ2) is 7.24. The van der Waals surface area contributed by atoms with Crippen molar-refractivity contribution in [2.24, 2.45) is 5.92 Å². The lowest BCUT2D eigenvalue weighted by Crippen LogP contribution is -2.51. The monoisotopic (exact) mass is 250 g/mol. The summed E-state index contributed by atoms with van der Waals surface area (Å²) >= 11 is 0. The van der Waals surface area contributed by atoms with Crippen molar-refractivity contribution in [3.05, 3.63) is 0 Å².